The number of aromatic nitrogens is 1. The van der Waals surface area contributed by atoms with E-state index in [1.54, 1.807) is 18.2 Å². The van der Waals surface area contributed by atoms with Crippen molar-refractivity contribution in [2.24, 2.45) is 0 Å². The molecule has 2 N–H and O–H groups in total. The second-order valence-corrected chi connectivity index (χ2v) is 13.7. The lowest BCUT2D eigenvalue weighted by molar-refractivity contribution is -0.119. The minimum Gasteiger partial charge on any atom is -0.491 e. The summed E-state index contributed by atoms with van der Waals surface area (Å²) in [6, 6.07) is 15.6. The molecule has 0 saturated carbocycles. The standard InChI is InChI=1S/C39H50FN3O4/c1-27(44)25-36(31-19-22-37(34(40)26-31)47-24-8-11-33(45)10-7-23-41-39(2,3)4)43-38(46)30-16-13-28(14-17-30)15-20-32-21-18-29-9-5-6-12-35(29)42-32/h13-14,16-19,21-22,26,36,41H,5-12,15,20,23-25H2,1-4H3,(H,43,46)/t36-/m0/s1. The summed E-state index contributed by atoms with van der Waals surface area (Å²) in [6.07, 6.45) is 8.48. The topological polar surface area (TPSA) is 97.4 Å². The van der Waals surface area contributed by atoms with E-state index in [-0.39, 0.29) is 41.8 Å². The average molecular weight is 644 g/mol. The predicted molar refractivity (Wildman–Crippen MR) is 183 cm³/mol. The van der Waals surface area contributed by atoms with Crippen molar-refractivity contribution in [3.63, 3.8) is 0 Å². The number of Topliss-reactive ketones (excluding diaryl/α,β-unsaturated/α-hetero) is 2. The molecule has 7 nitrogen and oxygen atoms in total. The van der Waals surface area contributed by atoms with Gasteiger partial charge >= 0.3 is 0 Å². The number of halogens is 1. The van der Waals surface area contributed by atoms with Gasteiger partial charge in [0.15, 0.2) is 11.6 Å². The molecule has 0 bridgehead atoms. The number of carbonyl (C=O) groups is 3. The Balaban J connectivity index is 1.26. The molecule has 252 valence electrons. The highest BCUT2D eigenvalue weighted by atomic mass is 19.1. The van der Waals surface area contributed by atoms with Crippen LogP contribution in [0.1, 0.15) is 117 Å². The number of ketones is 2. The lowest BCUT2D eigenvalue weighted by Crippen LogP contribution is -2.36. The largest absolute Gasteiger partial charge is 0.491 e. The number of hydrogen-bond acceptors (Lipinski definition) is 6. The quantitative estimate of drug-likeness (QED) is 0.151. The first kappa shape index (κ1) is 35.9. The van der Waals surface area contributed by atoms with E-state index in [1.807, 2.05) is 12.1 Å². The van der Waals surface area contributed by atoms with Gasteiger partial charge in [-0.25, -0.2) is 4.39 Å². The summed E-state index contributed by atoms with van der Waals surface area (Å²) in [4.78, 5) is 42.3. The summed E-state index contributed by atoms with van der Waals surface area (Å²) in [5, 5.41) is 6.28. The molecule has 3 aromatic rings. The third-order valence-corrected chi connectivity index (χ3v) is 8.42. The lowest BCUT2D eigenvalue weighted by atomic mass is 9.95. The van der Waals surface area contributed by atoms with Crippen LogP contribution < -0.4 is 15.4 Å². The van der Waals surface area contributed by atoms with Gasteiger partial charge in [-0.05, 0) is 133 Å². The Morgan fingerprint density at radius 2 is 1.68 bits per heavy atom. The van der Waals surface area contributed by atoms with E-state index in [9.17, 15) is 14.4 Å². The van der Waals surface area contributed by atoms with Crippen molar-refractivity contribution in [1.82, 2.24) is 15.6 Å². The van der Waals surface area contributed by atoms with Gasteiger partial charge in [-0.15, -0.1) is 0 Å². The van der Waals surface area contributed by atoms with E-state index < -0.39 is 11.9 Å². The summed E-state index contributed by atoms with van der Waals surface area (Å²) < 4.78 is 20.6. The summed E-state index contributed by atoms with van der Waals surface area (Å²) >= 11 is 0. The van der Waals surface area contributed by atoms with Crippen molar-refractivity contribution >= 4 is 17.5 Å². The number of nitrogens with one attached hydrogen (secondary N) is 2. The van der Waals surface area contributed by atoms with Crippen molar-refractivity contribution in [3.05, 3.63) is 94.1 Å². The molecule has 0 saturated heterocycles. The number of carbonyl (C=O) groups excluding carboxylic acids is 3. The zero-order valence-electron chi connectivity index (χ0n) is 28.4. The number of benzene rings is 2. The van der Waals surface area contributed by atoms with Crippen LogP contribution in [-0.2, 0) is 35.3 Å². The molecule has 0 spiro atoms. The van der Waals surface area contributed by atoms with Crippen LogP contribution in [0.2, 0.25) is 0 Å². The molecule has 1 aromatic heterocycles. The molecule has 47 heavy (non-hydrogen) atoms. The maximum absolute atomic E-state index is 15.0. The number of pyridine rings is 1. The number of rotatable bonds is 17. The Bertz CT molecular complexity index is 1510. The Labute approximate surface area is 279 Å². The molecule has 0 aliphatic heterocycles. The van der Waals surface area contributed by atoms with Crippen LogP contribution >= 0.6 is 0 Å². The Kier molecular flexibility index (Phi) is 13.2. The Hall–Kier alpha value is -3.91. The molecule has 1 heterocycles. The molecule has 0 unspecified atom stereocenters. The van der Waals surface area contributed by atoms with Gasteiger partial charge < -0.3 is 15.4 Å². The van der Waals surface area contributed by atoms with Crippen LogP contribution in [0.15, 0.2) is 54.6 Å². The minimum atomic E-state index is -0.691. The Morgan fingerprint density at radius 1 is 0.936 bits per heavy atom. The normalized spacial score (nSPS) is 13.5. The molecule has 4 rings (SSSR count). The van der Waals surface area contributed by atoms with Crippen LogP contribution in [0, 0.1) is 5.82 Å². The number of amides is 1. The lowest BCUT2D eigenvalue weighted by Gasteiger charge is -2.20. The third kappa shape index (κ3) is 12.0. The predicted octanol–water partition coefficient (Wildman–Crippen LogP) is 7.23. The fourth-order valence-electron chi connectivity index (χ4n) is 5.82. The molecule has 1 aliphatic carbocycles. The summed E-state index contributed by atoms with van der Waals surface area (Å²) in [5.74, 6) is -0.799. The SMILES string of the molecule is CC(=O)C[C@H](NC(=O)c1ccc(CCc2ccc3c(n2)CCCC3)cc1)c1ccc(OCCCC(=O)CCCNC(C)(C)C)c(F)c1. The fraction of sp³-hybridized carbons (Fsp3) is 0.487. The van der Waals surface area contributed by atoms with Gasteiger partial charge in [0.05, 0.1) is 12.6 Å². The number of nitrogens with zero attached hydrogens (tertiary/aromatic N) is 1. The second-order valence-electron chi connectivity index (χ2n) is 13.7. The number of ether oxygens (including phenoxy) is 1. The smallest absolute Gasteiger partial charge is 0.251 e. The minimum absolute atomic E-state index is 0.0292. The molecule has 1 amide bonds. The zero-order valence-corrected chi connectivity index (χ0v) is 28.4. The first-order valence-corrected chi connectivity index (χ1v) is 17.0. The monoisotopic (exact) mass is 643 g/mol. The Morgan fingerprint density at radius 3 is 2.40 bits per heavy atom. The first-order valence-electron chi connectivity index (χ1n) is 17.0. The number of aryl methyl sites for hydroxylation is 4. The highest BCUT2D eigenvalue weighted by Crippen LogP contribution is 2.25. The molecule has 0 fully saturated rings. The molecule has 1 atom stereocenters. The molecule has 8 heteroatoms. The van der Waals surface area contributed by atoms with E-state index in [1.165, 1.54) is 43.2 Å². The number of hydrogen-bond donors (Lipinski definition) is 2. The fourth-order valence-corrected chi connectivity index (χ4v) is 5.82. The van der Waals surface area contributed by atoms with Crippen molar-refractivity contribution in [3.8, 4) is 5.75 Å². The van der Waals surface area contributed by atoms with Gasteiger partial charge in [-0.1, -0.05) is 24.3 Å². The summed E-state index contributed by atoms with van der Waals surface area (Å²) in [5.41, 5.74) is 5.79. The van der Waals surface area contributed by atoms with Crippen LogP contribution in [0.25, 0.3) is 0 Å². The number of fused-ring (bicyclic) bond motifs is 1. The average Bonchev–Trinajstić information content (AvgIpc) is 3.04. The van der Waals surface area contributed by atoms with Gasteiger partial charge in [0.1, 0.15) is 11.6 Å². The van der Waals surface area contributed by atoms with Gasteiger partial charge in [0, 0.05) is 41.8 Å². The van der Waals surface area contributed by atoms with Crippen molar-refractivity contribution in [2.45, 2.75) is 110 Å². The van der Waals surface area contributed by atoms with Crippen molar-refractivity contribution < 1.29 is 23.5 Å². The van der Waals surface area contributed by atoms with Gasteiger partial charge in [0.2, 0.25) is 0 Å². The van der Waals surface area contributed by atoms with Crippen LogP contribution in [0.3, 0.4) is 0 Å². The highest BCUT2D eigenvalue weighted by Gasteiger charge is 2.20. The zero-order chi connectivity index (χ0) is 33.8. The van der Waals surface area contributed by atoms with E-state index in [0.717, 1.165) is 49.9 Å². The van der Waals surface area contributed by atoms with Crippen LogP contribution in [0.5, 0.6) is 5.75 Å². The second kappa shape index (κ2) is 17.3. The third-order valence-electron chi connectivity index (χ3n) is 8.42. The van der Waals surface area contributed by atoms with Crippen LogP contribution in [0.4, 0.5) is 4.39 Å². The van der Waals surface area contributed by atoms with Gasteiger partial charge in [-0.3, -0.25) is 19.4 Å². The van der Waals surface area contributed by atoms with E-state index in [2.05, 4.69) is 43.5 Å². The molecular weight excluding hydrogens is 593 g/mol. The first-order chi connectivity index (χ1) is 22.5. The summed E-state index contributed by atoms with van der Waals surface area (Å²) in [6.45, 7) is 8.72. The highest BCUT2D eigenvalue weighted by molar-refractivity contribution is 5.94. The maximum atomic E-state index is 15.0. The van der Waals surface area contributed by atoms with Crippen LogP contribution in [-0.4, -0.2) is 41.1 Å². The van der Waals surface area contributed by atoms with Gasteiger partial charge in [-0.2, -0.15) is 0 Å². The van der Waals surface area contributed by atoms with E-state index in [0.29, 0.717) is 30.4 Å². The van der Waals surface area contributed by atoms with E-state index in [4.69, 9.17) is 9.72 Å². The summed E-state index contributed by atoms with van der Waals surface area (Å²) in [7, 11) is 0. The van der Waals surface area contributed by atoms with Gasteiger partial charge in [0.25, 0.3) is 5.91 Å². The molecular formula is C39H50FN3O4. The molecule has 2 aromatic carbocycles. The maximum Gasteiger partial charge on any atom is 0.251 e. The molecule has 1 aliphatic rings. The van der Waals surface area contributed by atoms with E-state index >= 15 is 4.39 Å². The van der Waals surface area contributed by atoms with Crippen molar-refractivity contribution in [1.29, 1.82) is 0 Å². The molecule has 0 radical (unpaired) electrons. The van der Waals surface area contributed by atoms with Crippen molar-refractivity contribution in [2.75, 3.05) is 13.2 Å².